The Kier molecular flexibility index (Phi) is 5.22. The normalized spacial score (nSPS) is 11.6. The predicted molar refractivity (Wildman–Crippen MR) is 85.9 cm³/mol. The average Bonchev–Trinajstić information content (AvgIpc) is 2.49. The Morgan fingerprint density at radius 3 is 2.48 bits per heavy atom. The highest BCUT2D eigenvalue weighted by molar-refractivity contribution is 9.10. The van der Waals surface area contributed by atoms with Gasteiger partial charge in [-0.1, -0.05) is 22.0 Å². The van der Waals surface area contributed by atoms with E-state index < -0.39 is 6.10 Å². The van der Waals surface area contributed by atoms with Gasteiger partial charge in [-0.05, 0) is 43.3 Å². The highest BCUT2D eigenvalue weighted by atomic mass is 79.9. The summed E-state index contributed by atoms with van der Waals surface area (Å²) in [5, 5.41) is 2.80. The van der Waals surface area contributed by atoms with Crippen LogP contribution in [0.25, 0.3) is 0 Å². The third kappa shape index (κ3) is 4.49. The van der Waals surface area contributed by atoms with Crippen LogP contribution >= 0.6 is 15.9 Å². The van der Waals surface area contributed by atoms with Gasteiger partial charge in [-0.2, -0.15) is 0 Å². The maximum Gasteiger partial charge on any atom is 0.265 e. The van der Waals surface area contributed by atoms with Crippen LogP contribution in [-0.4, -0.2) is 19.1 Å². The highest BCUT2D eigenvalue weighted by Crippen LogP contribution is 2.20. The number of carbonyl (C=O) groups excluding carboxylic acids is 1. The first-order valence-electron chi connectivity index (χ1n) is 6.45. The second kappa shape index (κ2) is 7.13. The van der Waals surface area contributed by atoms with Crippen LogP contribution in [0.3, 0.4) is 0 Å². The van der Waals surface area contributed by atoms with Crippen LogP contribution in [-0.2, 0) is 4.79 Å². The van der Waals surface area contributed by atoms with Gasteiger partial charge < -0.3 is 14.8 Å². The Morgan fingerprint density at radius 1 is 1.14 bits per heavy atom. The number of hydrogen-bond acceptors (Lipinski definition) is 3. The fourth-order valence-electron chi connectivity index (χ4n) is 1.71. The number of hydrogen-bond donors (Lipinski definition) is 1. The fourth-order valence-corrected chi connectivity index (χ4v) is 1.97. The van der Waals surface area contributed by atoms with Crippen molar-refractivity contribution in [1.29, 1.82) is 0 Å². The molecule has 4 nitrogen and oxygen atoms in total. The molecule has 0 spiro atoms. The second-order valence-electron chi connectivity index (χ2n) is 4.44. The van der Waals surface area contributed by atoms with Crippen molar-refractivity contribution in [2.24, 2.45) is 0 Å². The number of halogens is 1. The van der Waals surface area contributed by atoms with Crippen molar-refractivity contribution in [3.05, 3.63) is 53.0 Å². The van der Waals surface area contributed by atoms with Crippen LogP contribution in [0.5, 0.6) is 11.5 Å². The molecule has 0 radical (unpaired) electrons. The van der Waals surface area contributed by atoms with E-state index in [1.165, 1.54) is 0 Å². The number of anilines is 1. The largest absolute Gasteiger partial charge is 0.497 e. The molecule has 0 aliphatic heterocycles. The van der Waals surface area contributed by atoms with E-state index in [4.69, 9.17) is 9.47 Å². The summed E-state index contributed by atoms with van der Waals surface area (Å²) in [6, 6.07) is 14.5. The lowest BCUT2D eigenvalue weighted by Gasteiger charge is -2.15. The summed E-state index contributed by atoms with van der Waals surface area (Å²) in [5.74, 6) is 1.07. The second-order valence-corrected chi connectivity index (χ2v) is 5.35. The molecular weight excluding hydrogens is 334 g/mol. The van der Waals surface area contributed by atoms with Crippen LogP contribution in [0, 0.1) is 0 Å². The molecule has 2 rings (SSSR count). The molecular formula is C16H16BrNO3. The monoisotopic (exact) mass is 349 g/mol. The van der Waals surface area contributed by atoms with Gasteiger partial charge in [0.15, 0.2) is 6.10 Å². The Morgan fingerprint density at radius 2 is 1.81 bits per heavy atom. The zero-order valence-corrected chi connectivity index (χ0v) is 13.4. The van der Waals surface area contributed by atoms with Crippen molar-refractivity contribution in [3.63, 3.8) is 0 Å². The van der Waals surface area contributed by atoms with Crippen molar-refractivity contribution < 1.29 is 14.3 Å². The van der Waals surface area contributed by atoms with Gasteiger partial charge in [0.2, 0.25) is 0 Å². The fraction of sp³-hybridized carbons (Fsp3) is 0.188. The van der Waals surface area contributed by atoms with E-state index in [1.807, 2.05) is 36.4 Å². The maximum absolute atomic E-state index is 12.1. The number of carbonyl (C=O) groups is 1. The van der Waals surface area contributed by atoms with Crippen LogP contribution in [0.15, 0.2) is 53.0 Å². The van der Waals surface area contributed by atoms with Gasteiger partial charge in [-0.3, -0.25) is 4.79 Å². The summed E-state index contributed by atoms with van der Waals surface area (Å²) in [7, 11) is 1.59. The molecule has 0 aromatic heterocycles. The van der Waals surface area contributed by atoms with Crippen LogP contribution in [0.2, 0.25) is 0 Å². The van der Waals surface area contributed by atoms with Gasteiger partial charge in [-0.25, -0.2) is 0 Å². The Hall–Kier alpha value is -2.01. The van der Waals surface area contributed by atoms with Crippen molar-refractivity contribution in [1.82, 2.24) is 0 Å². The van der Waals surface area contributed by atoms with Crippen molar-refractivity contribution >= 4 is 27.5 Å². The van der Waals surface area contributed by atoms with Crippen LogP contribution in [0.1, 0.15) is 6.92 Å². The van der Waals surface area contributed by atoms with Gasteiger partial charge >= 0.3 is 0 Å². The van der Waals surface area contributed by atoms with E-state index in [0.717, 1.165) is 10.2 Å². The summed E-state index contributed by atoms with van der Waals surface area (Å²) >= 11 is 3.35. The molecule has 1 N–H and O–H groups in total. The number of amides is 1. The third-order valence-corrected chi connectivity index (χ3v) is 3.36. The minimum Gasteiger partial charge on any atom is -0.497 e. The maximum atomic E-state index is 12.1. The molecule has 0 bridgehead atoms. The molecule has 21 heavy (non-hydrogen) atoms. The molecule has 0 aliphatic carbocycles. The third-order valence-electron chi connectivity index (χ3n) is 2.84. The summed E-state index contributed by atoms with van der Waals surface area (Å²) in [6.45, 7) is 1.70. The number of benzene rings is 2. The molecule has 0 heterocycles. The molecule has 5 heteroatoms. The van der Waals surface area contributed by atoms with Crippen molar-refractivity contribution in [3.8, 4) is 11.5 Å². The molecule has 1 amide bonds. The summed E-state index contributed by atoms with van der Waals surface area (Å²) in [5.41, 5.74) is 0.726. The first-order valence-corrected chi connectivity index (χ1v) is 7.25. The van der Waals surface area contributed by atoms with E-state index in [2.05, 4.69) is 21.2 Å². The Labute approximate surface area is 132 Å². The lowest BCUT2D eigenvalue weighted by Crippen LogP contribution is -2.30. The molecule has 2 aromatic rings. The molecule has 0 aliphatic rings. The zero-order chi connectivity index (χ0) is 15.2. The minimum atomic E-state index is -0.610. The lowest BCUT2D eigenvalue weighted by molar-refractivity contribution is -0.122. The molecule has 0 saturated carbocycles. The first kappa shape index (κ1) is 15.4. The molecule has 0 fully saturated rings. The van der Waals surface area contributed by atoms with Crippen molar-refractivity contribution in [2.75, 3.05) is 12.4 Å². The summed E-state index contributed by atoms with van der Waals surface area (Å²) in [4.78, 5) is 12.1. The minimum absolute atomic E-state index is 0.208. The van der Waals surface area contributed by atoms with E-state index in [1.54, 1.807) is 26.2 Å². The first-order chi connectivity index (χ1) is 10.1. The van der Waals surface area contributed by atoms with Gasteiger partial charge in [0.25, 0.3) is 5.91 Å². The molecule has 2 aromatic carbocycles. The van der Waals surface area contributed by atoms with E-state index >= 15 is 0 Å². The SMILES string of the molecule is COc1cccc(O[C@@H](C)C(=O)Nc2ccc(Br)cc2)c1. The highest BCUT2D eigenvalue weighted by Gasteiger charge is 2.15. The summed E-state index contributed by atoms with van der Waals surface area (Å²) < 4.78 is 11.7. The standard InChI is InChI=1S/C16H16BrNO3/c1-11(21-15-5-3-4-14(10-15)20-2)16(19)18-13-8-6-12(17)7-9-13/h3-11H,1-2H3,(H,18,19)/t11-/m0/s1. The summed E-state index contributed by atoms with van der Waals surface area (Å²) in [6.07, 6.45) is -0.610. The molecule has 110 valence electrons. The lowest BCUT2D eigenvalue weighted by atomic mass is 10.3. The van der Waals surface area contributed by atoms with Gasteiger partial charge in [0.05, 0.1) is 7.11 Å². The topological polar surface area (TPSA) is 47.6 Å². The van der Waals surface area contributed by atoms with E-state index in [9.17, 15) is 4.79 Å². The average molecular weight is 350 g/mol. The van der Waals surface area contributed by atoms with Gasteiger partial charge in [0, 0.05) is 16.2 Å². The van der Waals surface area contributed by atoms with Crippen LogP contribution in [0.4, 0.5) is 5.69 Å². The van der Waals surface area contributed by atoms with Gasteiger partial charge in [0.1, 0.15) is 11.5 Å². The predicted octanol–water partition coefficient (Wildman–Crippen LogP) is 3.86. The molecule has 1 atom stereocenters. The molecule has 0 saturated heterocycles. The van der Waals surface area contributed by atoms with Crippen LogP contribution < -0.4 is 14.8 Å². The zero-order valence-electron chi connectivity index (χ0n) is 11.8. The number of methoxy groups -OCH3 is 1. The smallest absolute Gasteiger partial charge is 0.265 e. The number of ether oxygens (including phenoxy) is 2. The number of rotatable bonds is 5. The Balaban J connectivity index is 1.97. The quantitative estimate of drug-likeness (QED) is 0.891. The van der Waals surface area contributed by atoms with Gasteiger partial charge in [-0.15, -0.1) is 0 Å². The van der Waals surface area contributed by atoms with E-state index in [-0.39, 0.29) is 5.91 Å². The molecule has 0 unspecified atom stereocenters. The Bertz CT molecular complexity index is 613. The number of nitrogens with one attached hydrogen (secondary N) is 1. The van der Waals surface area contributed by atoms with Crippen molar-refractivity contribution in [2.45, 2.75) is 13.0 Å². The van der Waals surface area contributed by atoms with E-state index in [0.29, 0.717) is 11.5 Å².